The number of carboxylic acids is 1. The summed E-state index contributed by atoms with van der Waals surface area (Å²) in [5, 5.41) is 11.8. The van der Waals surface area contributed by atoms with Gasteiger partial charge < -0.3 is 10.4 Å². The molecule has 4 heteroatoms. The first-order valence-electron chi connectivity index (χ1n) is 10.8. The van der Waals surface area contributed by atoms with Gasteiger partial charge in [-0.3, -0.25) is 4.79 Å². The molecule has 2 aromatic carbocycles. The molecule has 0 bridgehead atoms. The highest BCUT2D eigenvalue weighted by atomic mass is 16.4. The molecule has 0 aromatic heterocycles. The molecule has 0 unspecified atom stereocenters. The largest absolute Gasteiger partial charge is 0.478 e. The maximum absolute atomic E-state index is 12.5. The van der Waals surface area contributed by atoms with E-state index in [0.717, 1.165) is 5.92 Å². The monoisotopic (exact) mass is 393 g/mol. The van der Waals surface area contributed by atoms with Crippen LogP contribution in [0.25, 0.3) is 0 Å². The standard InChI is InChI=1S/C25H31NO3/c1-2-3-4-5-18-6-8-19(9-7-18)20-10-12-21(13-11-20)24(27)26-23-16-14-22(15-17-23)25(28)29/h10-19H,2-9H2,1H3,(H,26,27)(H,28,29)/t18-,19-. The fraction of sp³-hybridized carbons (Fsp3) is 0.440. The van der Waals surface area contributed by atoms with Crippen molar-refractivity contribution in [3.8, 4) is 0 Å². The summed E-state index contributed by atoms with van der Waals surface area (Å²) in [6.07, 6.45) is 10.5. The highest BCUT2D eigenvalue weighted by Crippen LogP contribution is 2.37. The Kier molecular flexibility index (Phi) is 7.45. The van der Waals surface area contributed by atoms with Crippen molar-refractivity contribution in [2.45, 2.75) is 64.2 Å². The quantitative estimate of drug-likeness (QED) is 0.504. The molecule has 0 saturated heterocycles. The zero-order chi connectivity index (χ0) is 20.6. The molecule has 154 valence electrons. The fourth-order valence-corrected chi connectivity index (χ4v) is 4.27. The molecule has 1 fully saturated rings. The molecule has 1 saturated carbocycles. The second-order valence-corrected chi connectivity index (χ2v) is 8.17. The molecule has 0 spiro atoms. The Bertz CT molecular complexity index is 803. The van der Waals surface area contributed by atoms with Gasteiger partial charge in [0.15, 0.2) is 0 Å². The van der Waals surface area contributed by atoms with Crippen LogP contribution >= 0.6 is 0 Å². The highest BCUT2D eigenvalue weighted by molar-refractivity contribution is 6.04. The number of rotatable bonds is 8. The van der Waals surface area contributed by atoms with Crippen LogP contribution < -0.4 is 5.32 Å². The Hall–Kier alpha value is -2.62. The van der Waals surface area contributed by atoms with E-state index >= 15 is 0 Å². The van der Waals surface area contributed by atoms with E-state index in [0.29, 0.717) is 17.2 Å². The summed E-state index contributed by atoms with van der Waals surface area (Å²) >= 11 is 0. The Labute approximate surface area is 173 Å². The van der Waals surface area contributed by atoms with Crippen LogP contribution in [0.2, 0.25) is 0 Å². The first-order valence-corrected chi connectivity index (χ1v) is 10.8. The average molecular weight is 394 g/mol. The predicted molar refractivity (Wildman–Crippen MR) is 117 cm³/mol. The van der Waals surface area contributed by atoms with Gasteiger partial charge >= 0.3 is 5.97 Å². The van der Waals surface area contributed by atoms with Crippen LogP contribution in [0, 0.1) is 5.92 Å². The van der Waals surface area contributed by atoms with E-state index in [-0.39, 0.29) is 11.5 Å². The second kappa shape index (κ2) is 10.2. The van der Waals surface area contributed by atoms with E-state index in [2.05, 4.69) is 24.4 Å². The van der Waals surface area contributed by atoms with Gasteiger partial charge in [0, 0.05) is 11.3 Å². The first kappa shape index (κ1) is 21.1. The molecule has 0 aliphatic heterocycles. The number of unbranched alkanes of at least 4 members (excludes halogenated alkanes) is 2. The summed E-state index contributed by atoms with van der Waals surface area (Å²) in [7, 11) is 0. The molecule has 2 N–H and O–H groups in total. The molecular formula is C25H31NO3. The molecule has 0 radical (unpaired) electrons. The summed E-state index contributed by atoms with van der Waals surface area (Å²) in [6.45, 7) is 2.26. The van der Waals surface area contributed by atoms with Gasteiger partial charge in [0.1, 0.15) is 0 Å². The van der Waals surface area contributed by atoms with Gasteiger partial charge in [-0.1, -0.05) is 44.7 Å². The predicted octanol–water partition coefficient (Wildman–Crippen LogP) is 6.49. The van der Waals surface area contributed by atoms with Crippen molar-refractivity contribution in [1.82, 2.24) is 0 Å². The van der Waals surface area contributed by atoms with Crippen molar-refractivity contribution >= 4 is 17.6 Å². The number of carbonyl (C=O) groups is 2. The van der Waals surface area contributed by atoms with Crippen LogP contribution in [0.3, 0.4) is 0 Å². The van der Waals surface area contributed by atoms with E-state index in [4.69, 9.17) is 5.11 Å². The maximum Gasteiger partial charge on any atom is 0.335 e. The lowest BCUT2D eigenvalue weighted by Gasteiger charge is -2.29. The van der Waals surface area contributed by atoms with E-state index in [1.54, 1.807) is 12.1 Å². The van der Waals surface area contributed by atoms with Crippen molar-refractivity contribution in [3.63, 3.8) is 0 Å². The lowest BCUT2D eigenvalue weighted by molar-refractivity contribution is 0.0696. The Morgan fingerprint density at radius 2 is 1.52 bits per heavy atom. The van der Waals surface area contributed by atoms with Crippen molar-refractivity contribution in [2.75, 3.05) is 5.32 Å². The van der Waals surface area contributed by atoms with E-state index in [1.165, 1.54) is 69.1 Å². The van der Waals surface area contributed by atoms with Crippen molar-refractivity contribution < 1.29 is 14.7 Å². The molecule has 2 aromatic rings. The van der Waals surface area contributed by atoms with Crippen LogP contribution in [-0.2, 0) is 0 Å². The summed E-state index contributed by atoms with van der Waals surface area (Å²) < 4.78 is 0. The fourth-order valence-electron chi connectivity index (χ4n) is 4.27. The molecule has 1 aliphatic carbocycles. The molecule has 3 rings (SSSR count). The first-order chi connectivity index (χ1) is 14.1. The minimum absolute atomic E-state index is 0.181. The molecule has 29 heavy (non-hydrogen) atoms. The summed E-state index contributed by atoms with van der Waals surface area (Å²) in [4.78, 5) is 23.4. The second-order valence-electron chi connectivity index (χ2n) is 8.17. The smallest absolute Gasteiger partial charge is 0.335 e. The Morgan fingerprint density at radius 3 is 2.10 bits per heavy atom. The number of hydrogen-bond acceptors (Lipinski definition) is 2. The molecule has 1 amide bonds. The lowest BCUT2D eigenvalue weighted by atomic mass is 9.77. The third-order valence-corrected chi connectivity index (χ3v) is 6.10. The van der Waals surface area contributed by atoms with Gasteiger partial charge in [0.05, 0.1) is 5.56 Å². The Balaban J connectivity index is 1.52. The van der Waals surface area contributed by atoms with E-state index in [1.807, 2.05) is 12.1 Å². The van der Waals surface area contributed by atoms with Gasteiger partial charge in [-0.25, -0.2) is 4.79 Å². The minimum atomic E-state index is -0.978. The van der Waals surface area contributed by atoms with Crippen LogP contribution in [-0.4, -0.2) is 17.0 Å². The average Bonchev–Trinajstić information content (AvgIpc) is 2.75. The number of hydrogen-bond donors (Lipinski definition) is 2. The van der Waals surface area contributed by atoms with Gasteiger partial charge in [-0.2, -0.15) is 0 Å². The summed E-state index contributed by atoms with van der Waals surface area (Å²) in [5.74, 6) is 0.348. The molecule has 0 atom stereocenters. The van der Waals surface area contributed by atoms with Crippen LogP contribution in [0.1, 0.15) is 90.5 Å². The summed E-state index contributed by atoms with van der Waals surface area (Å²) in [5.41, 5.74) is 2.74. The number of benzene rings is 2. The van der Waals surface area contributed by atoms with Crippen molar-refractivity contribution in [1.29, 1.82) is 0 Å². The Morgan fingerprint density at radius 1 is 0.897 bits per heavy atom. The van der Waals surface area contributed by atoms with Gasteiger partial charge in [-0.05, 0) is 79.5 Å². The number of nitrogens with one attached hydrogen (secondary N) is 1. The zero-order valence-corrected chi connectivity index (χ0v) is 17.2. The third-order valence-electron chi connectivity index (χ3n) is 6.10. The number of carboxylic acid groups (broad SMARTS) is 1. The molecule has 4 nitrogen and oxygen atoms in total. The number of aromatic carboxylic acids is 1. The highest BCUT2D eigenvalue weighted by Gasteiger charge is 2.22. The van der Waals surface area contributed by atoms with Crippen molar-refractivity contribution in [3.05, 3.63) is 65.2 Å². The van der Waals surface area contributed by atoms with Crippen LogP contribution in [0.5, 0.6) is 0 Å². The minimum Gasteiger partial charge on any atom is -0.478 e. The van der Waals surface area contributed by atoms with E-state index < -0.39 is 5.97 Å². The zero-order valence-electron chi connectivity index (χ0n) is 17.2. The number of amides is 1. The maximum atomic E-state index is 12.5. The lowest BCUT2D eigenvalue weighted by Crippen LogP contribution is -2.14. The van der Waals surface area contributed by atoms with Crippen molar-refractivity contribution in [2.24, 2.45) is 5.92 Å². The summed E-state index contributed by atoms with van der Waals surface area (Å²) in [6, 6.07) is 14.1. The van der Waals surface area contributed by atoms with Gasteiger partial charge in [0.2, 0.25) is 0 Å². The topological polar surface area (TPSA) is 66.4 Å². The van der Waals surface area contributed by atoms with Gasteiger partial charge in [-0.15, -0.1) is 0 Å². The molecule has 0 heterocycles. The van der Waals surface area contributed by atoms with Gasteiger partial charge in [0.25, 0.3) is 5.91 Å². The van der Waals surface area contributed by atoms with Crippen LogP contribution in [0.15, 0.2) is 48.5 Å². The number of anilines is 1. The van der Waals surface area contributed by atoms with Crippen LogP contribution in [0.4, 0.5) is 5.69 Å². The molecule has 1 aliphatic rings. The van der Waals surface area contributed by atoms with E-state index in [9.17, 15) is 9.59 Å². The SMILES string of the molecule is CCCCC[C@H]1CC[C@H](c2ccc(C(=O)Nc3ccc(C(=O)O)cc3)cc2)CC1. The number of carbonyl (C=O) groups excluding carboxylic acids is 1. The normalized spacial score (nSPS) is 18.9. The molecular weight excluding hydrogens is 362 g/mol. The third kappa shape index (κ3) is 5.93.